The highest BCUT2D eigenvalue weighted by atomic mass is 16.6. The molecule has 0 aromatic rings. The largest absolute Gasteiger partial charge is 0.394 e. The van der Waals surface area contributed by atoms with Crippen LogP contribution in [0.1, 0.15) is 13.8 Å². The Balaban J connectivity index is 0.000000336. The maximum atomic E-state index is 8.78. The molecule has 2 unspecified atom stereocenters. The normalized spacial score (nSPS) is 20.4. The van der Waals surface area contributed by atoms with Crippen molar-refractivity contribution in [1.82, 2.24) is 0 Å². The number of ether oxygens (including phenoxy) is 3. The van der Waals surface area contributed by atoms with Crippen molar-refractivity contribution in [3.8, 4) is 0 Å². The molecule has 0 bridgehead atoms. The minimum absolute atomic E-state index is 0.191. The molecule has 0 aliphatic carbocycles. The van der Waals surface area contributed by atoms with Crippen molar-refractivity contribution < 1.29 is 24.4 Å². The van der Waals surface area contributed by atoms with Crippen LogP contribution in [0.2, 0.25) is 0 Å². The Morgan fingerprint density at radius 2 is 1.93 bits per heavy atom. The molecule has 92 valence electrons. The molecule has 1 aliphatic heterocycles. The molecular formula is C10H22O5. The van der Waals surface area contributed by atoms with Gasteiger partial charge in [-0.25, -0.2) is 0 Å². The summed E-state index contributed by atoms with van der Waals surface area (Å²) < 4.78 is 14.7. The van der Waals surface area contributed by atoms with E-state index in [9.17, 15) is 0 Å². The van der Waals surface area contributed by atoms with Gasteiger partial charge in [-0.3, -0.25) is 0 Å². The van der Waals surface area contributed by atoms with Crippen LogP contribution in [0.4, 0.5) is 0 Å². The van der Waals surface area contributed by atoms with Crippen molar-refractivity contribution in [1.29, 1.82) is 0 Å². The van der Waals surface area contributed by atoms with Gasteiger partial charge in [0.25, 0.3) is 0 Å². The highest BCUT2D eigenvalue weighted by Crippen LogP contribution is 2.08. The molecule has 0 aromatic heterocycles. The van der Waals surface area contributed by atoms with E-state index in [1.807, 2.05) is 13.8 Å². The first-order valence-corrected chi connectivity index (χ1v) is 5.30. The molecule has 5 nitrogen and oxygen atoms in total. The number of aliphatic hydroxyl groups is 2. The molecule has 0 amide bonds. The molecule has 1 rings (SSSR count). The Bertz CT molecular complexity index is 125. The summed E-state index contributed by atoms with van der Waals surface area (Å²) in [5, 5.41) is 17.1. The maximum Gasteiger partial charge on any atom is 0.104 e. The second-order valence-corrected chi connectivity index (χ2v) is 3.11. The maximum absolute atomic E-state index is 8.78. The number of hydrogen-bond donors (Lipinski definition) is 2. The van der Waals surface area contributed by atoms with Crippen LogP contribution in [-0.4, -0.2) is 62.1 Å². The molecule has 15 heavy (non-hydrogen) atoms. The lowest BCUT2D eigenvalue weighted by Gasteiger charge is -2.05. The minimum atomic E-state index is -0.751. The molecule has 2 N–H and O–H groups in total. The number of aliphatic hydroxyl groups excluding tert-OH is 2. The summed E-state index contributed by atoms with van der Waals surface area (Å²) in [6, 6.07) is 0. The van der Waals surface area contributed by atoms with Gasteiger partial charge in [-0.05, 0) is 13.8 Å². The lowest BCUT2D eigenvalue weighted by atomic mass is 10.4. The van der Waals surface area contributed by atoms with Crippen LogP contribution in [0.5, 0.6) is 0 Å². The first-order chi connectivity index (χ1) is 7.24. The lowest BCUT2D eigenvalue weighted by molar-refractivity contribution is 0.00216. The third-order valence-electron chi connectivity index (χ3n) is 1.64. The third kappa shape index (κ3) is 11.7. The van der Waals surface area contributed by atoms with E-state index in [0.717, 1.165) is 19.8 Å². The van der Waals surface area contributed by atoms with E-state index in [1.54, 1.807) is 0 Å². The molecule has 1 aliphatic rings. The first-order valence-electron chi connectivity index (χ1n) is 5.30. The summed E-state index contributed by atoms with van der Waals surface area (Å²) in [4.78, 5) is 0. The van der Waals surface area contributed by atoms with E-state index in [2.05, 4.69) is 0 Å². The second-order valence-electron chi connectivity index (χ2n) is 3.11. The SMILES string of the molecule is CCOCC.OCC(O)COCC1CO1. The predicted octanol–water partition coefficient (Wildman–Crippen LogP) is -0.202. The van der Waals surface area contributed by atoms with Gasteiger partial charge in [0.15, 0.2) is 0 Å². The number of epoxide rings is 1. The molecule has 1 saturated heterocycles. The zero-order valence-electron chi connectivity index (χ0n) is 9.52. The Labute approximate surface area is 91.0 Å². The molecule has 1 heterocycles. The third-order valence-corrected chi connectivity index (χ3v) is 1.64. The van der Waals surface area contributed by atoms with Crippen LogP contribution in [-0.2, 0) is 14.2 Å². The van der Waals surface area contributed by atoms with Gasteiger partial charge in [-0.1, -0.05) is 0 Å². The highest BCUT2D eigenvalue weighted by molar-refractivity contribution is 4.67. The first kappa shape index (κ1) is 14.8. The summed E-state index contributed by atoms with van der Waals surface area (Å²) >= 11 is 0. The van der Waals surface area contributed by atoms with Crippen molar-refractivity contribution in [3.05, 3.63) is 0 Å². The van der Waals surface area contributed by atoms with Gasteiger partial charge in [0, 0.05) is 13.2 Å². The van der Waals surface area contributed by atoms with E-state index in [1.165, 1.54) is 0 Å². The Hall–Kier alpha value is -0.200. The molecule has 1 fully saturated rings. The fraction of sp³-hybridized carbons (Fsp3) is 1.00. The van der Waals surface area contributed by atoms with Crippen LogP contribution in [0.25, 0.3) is 0 Å². The van der Waals surface area contributed by atoms with Gasteiger partial charge in [0.1, 0.15) is 12.2 Å². The predicted molar refractivity (Wildman–Crippen MR) is 55.8 cm³/mol. The van der Waals surface area contributed by atoms with Crippen molar-refractivity contribution in [2.45, 2.75) is 26.1 Å². The van der Waals surface area contributed by atoms with Gasteiger partial charge < -0.3 is 24.4 Å². The fourth-order valence-corrected chi connectivity index (χ4v) is 0.757. The standard InChI is InChI=1S/C6H12O4.C4H10O/c7-1-5(8)2-9-3-6-4-10-6;1-3-5-4-2/h5-8H,1-4H2;3-4H2,1-2H3. The zero-order chi connectivity index (χ0) is 11.5. The van der Waals surface area contributed by atoms with Gasteiger partial charge in [0.2, 0.25) is 0 Å². The average molecular weight is 222 g/mol. The summed E-state index contributed by atoms with van der Waals surface area (Å²) in [5.41, 5.74) is 0. The van der Waals surface area contributed by atoms with E-state index < -0.39 is 6.10 Å². The van der Waals surface area contributed by atoms with Gasteiger partial charge in [-0.2, -0.15) is 0 Å². The molecule has 0 radical (unpaired) electrons. The fourth-order valence-electron chi connectivity index (χ4n) is 0.757. The van der Waals surface area contributed by atoms with Crippen molar-refractivity contribution in [3.63, 3.8) is 0 Å². The summed E-state index contributed by atoms with van der Waals surface area (Å²) in [6.07, 6.45) is -0.523. The summed E-state index contributed by atoms with van der Waals surface area (Å²) in [6.45, 7) is 6.90. The molecule has 0 saturated carbocycles. The topological polar surface area (TPSA) is 71.5 Å². The molecule has 5 heteroatoms. The summed E-state index contributed by atoms with van der Waals surface area (Å²) in [5.74, 6) is 0. The Morgan fingerprint density at radius 1 is 1.33 bits per heavy atom. The monoisotopic (exact) mass is 222 g/mol. The molecule has 0 spiro atoms. The molecule has 0 aromatic carbocycles. The van der Waals surface area contributed by atoms with Crippen molar-refractivity contribution in [2.75, 3.05) is 39.6 Å². The van der Waals surface area contributed by atoms with E-state index >= 15 is 0 Å². The van der Waals surface area contributed by atoms with Crippen molar-refractivity contribution >= 4 is 0 Å². The van der Waals surface area contributed by atoms with Gasteiger partial charge >= 0.3 is 0 Å². The van der Waals surface area contributed by atoms with Gasteiger partial charge in [-0.15, -0.1) is 0 Å². The minimum Gasteiger partial charge on any atom is -0.394 e. The van der Waals surface area contributed by atoms with Crippen LogP contribution in [0, 0.1) is 0 Å². The number of rotatable bonds is 7. The van der Waals surface area contributed by atoms with E-state index in [-0.39, 0.29) is 19.3 Å². The lowest BCUT2D eigenvalue weighted by Crippen LogP contribution is -2.20. The van der Waals surface area contributed by atoms with Crippen LogP contribution >= 0.6 is 0 Å². The van der Waals surface area contributed by atoms with Crippen LogP contribution in [0.3, 0.4) is 0 Å². The van der Waals surface area contributed by atoms with E-state index in [0.29, 0.717) is 6.61 Å². The van der Waals surface area contributed by atoms with Crippen LogP contribution < -0.4 is 0 Å². The Morgan fingerprint density at radius 3 is 2.27 bits per heavy atom. The Kier molecular flexibility index (Phi) is 10.2. The van der Waals surface area contributed by atoms with Crippen molar-refractivity contribution in [2.24, 2.45) is 0 Å². The highest BCUT2D eigenvalue weighted by Gasteiger charge is 2.22. The molecule has 2 atom stereocenters. The van der Waals surface area contributed by atoms with E-state index in [4.69, 9.17) is 24.4 Å². The number of hydrogen-bond acceptors (Lipinski definition) is 5. The average Bonchev–Trinajstić information content (AvgIpc) is 3.04. The van der Waals surface area contributed by atoms with Crippen LogP contribution in [0.15, 0.2) is 0 Å². The molecular weight excluding hydrogens is 200 g/mol. The zero-order valence-corrected chi connectivity index (χ0v) is 9.52. The smallest absolute Gasteiger partial charge is 0.104 e. The summed E-state index contributed by atoms with van der Waals surface area (Å²) in [7, 11) is 0. The quantitative estimate of drug-likeness (QED) is 0.584. The second kappa shape index (κ2) is 10.3. The van der Waals surface area contributed by atoms with Gasteiger partial charge in [0.05, 0.1) is 26.4 Å².